The van der Waals surface area contributed by atoms with Crippen molar-refractivity contribution in [2.45, 2.75) is 45.8 Å². The SMILES string of the molecule is CCC(O)CNC(C)Cc1ccc(C)s1. The number of thiophene rings is 1. The van der Waals surface area contributed by atoms with E-state index in [1.165, 1.54) is 9.75 Å². The van der Waals surface area contributed by atoms with Gasteiger partial charge in [-0.05, 0) is 38.8 Å². The average molecular weight is 227 g/mol. The zero-order valence-corrected chi connectivity index (χ0v) is 10.6. The van der Waals surface area contributed by atoms with Crippen LogP contribution in [0.5, 0.6) is 0 Å². The van der Waals surface area contributed by atoms with Crippen LogP contribution in [0.4, 0.5) is 0 Å². The number of nitrogens with one attached hydrogen (secondary N) is 1. The fourth-order valence-corrected chi connectivity index (χ4v) is 2.47. The van der Waals surface area contributed by atoms with E-state index in [2.05, 4.69) is 31.3 Å². The second-order valence-corrected chi connectivity index (χ2v) is 5.46. The number of aryl methyl sites for hydroxylation is 1. The Balaban J connectivity index is 2.27. The molecule has 1 aromatic rings. The van der Waals surface area contributed by atoms with Crippen LogP contribution >= 0.6 is 11.3 Å². The summed E-state index contributed by atoms with van der Waals surface area (Å²) >= 11 is 1.85. The van der Waals surface area contributed by atoms with Crippen LogP contribution in [0.15, 0.2) is 12.1 Å². The minimum atomic E-state index is -0.211. The van der Waals surface area contributed by atoms with E-state index in [4.69, 9.17) is 0 Å². The molecular weight excluding hydrogens is 206 g/mol. The van der Waals surface area contributed by atoms with E-state index in [1.807, 2.05) is 18.3 Å². The van der Waals surface area contributed by atoms with Gasteiger partial charge in [-0.2, -0.15) is 0 Å². The van der Waals surface area contributed by atoms with Crippen molar-refractivity contribution in [1.82, 2.24) is 5.32 Å². The maximum Gasteiger partial charge on any atom is 0.0662 e. The highest BCUT2D eigenvalue weighted by atomic mass is 32.1. The zero-order valence-electron chi connectivity index (χ0n) is 9.79. The third-order valence-electron chi connectivity index (χ3n) is 2.48. The molecule has 2 N–H and O–H groups in total. The smallest absolute Gasteiger partial charge is 0.0662 e. The molecule has 1 rings (SSSR count). The molecule has 15 heavy (non-hydrogen) atoms. The minimum Gasteiger partial charge on any atom is -0.392 e. The van der Waals surface area contributed by atoms with E-state index >= 15 is 0 Å². The Morgan fingerprint density at radius 3 is 2.73 bits per heavy atom. The second-order valence-electron chi connectivity index (χ2n) is 4.09. The molecule has 0 bridgehead atoms. The van der Waals surface area contributed by atoms with E-state index in [0.29, 0.717) is 12.6 Å². The van der Waals surface area contributed by atoms with Crippen LogP contribution in [0, 0.1) is 6.92 Å². The van der Waals surface area contributed by atoms with Crippen molar-refractivity contribution in [2.24, 2.45) is 0 Å². The topological polar surface area (TPSA) is 32.3 Å². The van der Waals surface area contributed by atoms with Gasteiger partial charge in [0.15, 0.2) is 0 Å². The normalized spacial score (nSPS) is 15.2. The van der Waals surface area contributed by atoms with Gasteiger partial charge in [0.25, 0.3) is 0 Å². The number of hydrogen-bond acceptors (Lipinski definition) is 3. The maximum atomic E-state index is 9.42. The van der Waals surface area contributed by atoms with Gasteiger partial charge in [-0.25, -0.2) is 0 Å². The van der Waals surface area contributed by atoms with Crippen molar-refractivity contribution < 1.29 is 5.11 Å². The molecule has 3 heteroatoms. The lowest BCUT2D eigenvalue weighted by Crippen LogP contribution is -2.34. The van der Waals surface area contributed by atoms with Gasteiger partial charge in [-0.3, -0.25) is 0 Å². The molecule has 1 aromatic heterocycles. The molecule has 2 unspecified atom stereocenters. The molecule has 0 radical (unpaired) electrons. The Kier molecular flexibility index (Phi) is 5.29. The predicted octanol–water partition coefficient (Wildman–Crippen LogP) is 2.35. The largest absolute Gasteiger partial charge is 0.392 e. The minimum absolute atomic E-state index is 0.211. The van der Waals surface area contributed by atoms with Crippen molar-refractivity contribution in [1.29, 1.82) is 0 Å². The molecular formula is C12H21NOS. The van der Waals surface area contributed by atoms with E-state index < -0.39 is 0 Å². The third kappa shape index (κ3) is 4.78. The highest BCUT2D eigenvalue weighted by Crippen LogP contribution is 2.16. The van der Waals surface area contributed by atoms with Crippen LogP contribution < -0.4 is 5.32 Å². The second kappa shape index (κ2) is 6.26. The van der Waals surface area contributed by atoms with Gasteiger partial charge >= 0.3 is 0 Å². The summed E-state index contributed by atoms with van der Waals surface area (Å²) < 4.78 is 0. The highest BCUT2D eigenvalue weighted by molar-refractivity contribution is 7.11. The Morgan fingerprint density at radius 1 is 1.47 bits per heavy atom. The van der Waals surface area contributed by atoms with Gasteiger partial charge in [0.2, 0.25) is 0 Å². The summed E-state index contributed by atoms with van der Waals surface area (Å²) in [6, 6.07) is 4.78. The average Bonchev–Trinajstić information content (AvgIpc) is 2.60. The first-order valence-corrected chi connectivity index (χ1v) is 6.40. The lowest BCUT2D eigenvalue weighted by Gasteiger charge is -2.15. The summed E-state index contributed by atoms with van der Waals surface area (Å²) in [6.45, 7) is 6.99. The van der Waals surface area contributed by atoms with Gasteiger partial charge < -0.3 is 10.4 Å². The maximum absolute atomic E-state index is 9.42. The zero-order chi connectivity index (χ0) is 11.3. The first-order valence-electron chi connectivity index (χ1n) is 5.58. The molecule has 86 valence electrons. The quantitative estimate of drug-likeness (QED) is 0.782. The van der Waals surface area contributed by atoms with Crippen molar-refractivity contribution in [3.8, 4) is 0 Å². The molecule has 0 aliphatic heterocycles. The van der Waals surface area contributed by atoms with Crippen molar-refractivity contribution in [2.75, 3.05) is 6.54 Å². The van der Waals surface area contributed by atoms with E-state index in [0.717, 1.165) is 12.8 Å². The standard InChI is InChI=1S/C12H21NOS/c1-4-11(14)8-13-9(2)7-12-6-5-10(3)15-12/h5-6,9,11,13-14H,4,7-8H2,1-3H3. The van der Waals surface area contributed by atoms with Gasteiger partial charge in [0.05, 0.1) is 6.10 Å². The lowest BCUT2D eigenvalue weighted by atomic mass is 10.2. The Hall–Kier alpha value is -0.380. The summed E-state index contributed by atoms with van der Waals surface area (Å²) in [6.07, 6.45) is 1.66. The highest BCUT2D eigenvalue weighted by Gasteiger charge is 2.07. The molecule has 0 saturated heterocycles. The Bertz CT molecular complexity index is 285. The van der Waals surface area contributed by atoms with Gasteiger partial charge in [0.1, 0.15) is 0 Å². The monoisotopic (exact) mass is 227 g/mol. The summed E-state index contributed by atoms with van der Waals surface area (Å²) in [5.41, 5.74) is 0. The summed E-state index contributed by atoms with van der Waals surface area (Å²) in [4.78, 5) is 2.78. The molecule has 1 heterocycles. The van der Waals surface area contributed by atoms with Crippen LogP contribution in [0.25, 0.3) is 0 Å². The molecule has 2 atom stereocenters. The third-order valence-corrected chi connectivity index (χ3v) is 3.50. The number of aliphatic hydroxyl groups is 1. The molecule has 0 amide bonds. The fraction of sp³-hybridized carbons (Fsp3) is 0.667. The molecule has 0 saturated carbocycles. The molecule has 2 nitrogen and oxygen atoms in total. The van der Waals surface area contributed by atoms with Gasteiger partial charge in [-0.1, -0.05) is 6.92 Å². The van der Waals surface area contributed by atoms with Crippen molar-refractivity contribution in [3.05, 3.63) is 21.9 Å². The van der Waals surface area contributed by atoms with Crippen LogP contribution in [-0.2, 0) is 6.42 Å². The molecule has 0 aliphatic rings. The number of rotatable bonds is 6. The van der Waals surface area contributed by atoms with Crippen LogP contribution in [0.2, 0.25) is 0 Å². The predicted molar refractivity (Wildman–Crippen MR) is 66.5 cm³/mol. The van der Waals surface area contributed by atoms with Crippen LogP contribution in [-0.4, -0.2) is 23.8 Å². The van der Waals surface area contributed by atoms with Crippen LogP contribution in [0.1, 0.15) is 30.0 Å². The molecule has 0 spiro atoms. The van der Waals surface area contributed by atoms with Gasteiger partial charge in [-0.15, -0.1) is 11.3 Å². The van der Waals surface area contributed by atoms with E-state index in [-0.39, 0.29) is 6.10 Å². The van der Waals surface area contributed by atoms with E-state index in [1.54, 1.807) is 0 Å². The first kappa shape index (κ1) is 12.7. The lowest BCUT2D eigenvalue weighted by molar-refractivity contribution is 0.163. The summed E-state index contributed by atoms with van der Waals surface area (Å²) in [5, 5.41) is 12.8. The number of hydrogen-bond donors (Lipinski definition) is 2. The molecule has 0 fully saturated rings. The first-order chi connectivity index (χ1) is 7.11. The molecule has 0 aromatic carbocycles. The molecule has 0 aliphatic carbocycles. The van der Waals surface area contributed by atoms with Gasteiger partial charge in [0, 0.05) is 22.3 Å². The fourth-order valence-electron chi connectivity index (χ4n) is 1.45. The Morgan fingerprint density at radius 2 is 2.20 bits per heavy atom. The van der Waals surface area contributed by atoms with Crippen molar-refractivity contribution in [3.63, 3.8) is 0 Å². The number of aliphatic hydroxyl groups excluding tert-OH is 1. The van der Waals surface area contributed by atoms with Crippen LogP contribution in [0.3, 0.4) is 0 Å². The van der Waals surface area contributed by atoms with E-state index in [9.17, 15) is 5.11 Å². The van der Waals surface area contributed by atoms with Crippen molar-refractivity contribution >= 4 is 11.3 Å². The summed E-state index contributed by atoms with van der Waals surface area (Å²) in [5.74, 6) is 0. The summed E-state index contributed by atoms with van der Waals surface area (Å²) in [7, 11) is 0. The Labute approximate surface area is 96.3 Å².